The van der Waals surface area contributed by atoms with Crippen molar-refractivity contribution in [3.05, 3.63) is 48.2 Å². The molecule has 1 unspecified atom stereocenters. The topological polar surface area (TPSA) is 89.8 Å². The van der Waals surface area contributed by atoms with Crippen LogP contribution in [0.25, 0.3) is 10.8 Å². The monoisotopic (exact) mass is 460 g/mol. The highest BCUT2D eigenvalue weighted by Crippen LogP contribution is 2.39. The zero-order valence-corrected chi connectivity index (χ0v) is 20.1. The average molecular weight is 461 g/mol. The molecule has 0 saturated heterocycles. The molecule has 1 heterocycles. The standard InChI is InChI=1S/C24H32N2O5S/c1-6-31-22-12-17(10-11-21(22)30-4)20(15-32(5,28)29)26-14-18-8-7-9-19(23(18)24(26)27)25-13-16(2)3/h7-12,14,16,20,25,27H,6,13,15H2,1-5H3. The van der Waals surface area contributed by atoms with Crippen LogP contribution in [0.5, 0.6) is 17.4 Å². The molecule has 1 atom stereocenters. The maximum atomic E-state index is 12.3. The van der Waals surface area contributed by atoms with Crippen molar-refractivity contribution in [3.63, 3.8) is 0 Å². The molecule has 0 bridgehead atoms. The van der Waals surface area contributed by atoms with Crippen LogP contribution in [0.3, 0.4) is 0 Å². The molecule has 174 valence electrons. The van der Waals surface area contributed by atoms with Crippen LogP contribution in [0, 0.1) is 5.92 Å². The first kappa shape index (κ1) is 23.8. The first-order valence-electron chi connectivity index (χ1n) is 10.7. The minimum Gasteiger partial charge on any atom is -0.494 e. The maximum Gasteiger partial charge on any atom is 0.201 e. The van der Waals surface area contributed by atoms with E-state index < -0.39 is 15.9 Å². The number of aromatic hydroxyl groups is 1. The lowest BCUT2D eigenvalue weighted by Gasteiger charge is -2.21. The van der Waals surface area contributed by atoms with Crippen LogP contribution in [0.15, 0.2) is 42.6 Å². The molecule has 1 aromatic heterocycles. The second-order valence-corrected chi connectivity index (χ2v) is 10.5. The average Bonchev–Trinajstić information content (AvgIpc) is 3.07. The molecular formula is C24H32N2O5S. The molecule has 8 heteroatoms. The van der Waals surface area contributed by atoms with Gasteiger partial charge in [-0.25, -0.2) is 8.42 Å². The lowest BCUT2D eigenvalue weighted by molar-refractivity contribution is 0.310. The number of anilines is 1. The van der Waals surface area contributed by atoms with Crippen LogP contribution in [0.1, 0.15) is 32.4 Å². The van der Waals surface area contributed by atoms with Gasteiger partial charge in [0, 0.05) is 30.1 Å². The molecule has 2 aromatic carbocycles. The number of fused-ring (bicyclic) bond motifs is 1. The van der Waals surface area contributed by atoms with Gasteiger partial charge in [-0.3, -0.25) is 0 Å². The summed E-state index contributed by atoms with van der Waals surface area (Å²) in [5.41, 5.74) is 1.52. The predicted octanol–water partition coefficient (Wildman–Crippen LogP) is 4.46. The van der Waals surface area contributed by atoms with E-state index in [1.807, 2.05) is 25.1 Å². The quantitative estimate of drug-likeness (QED) is 0.464. The van der Waals surface area contributed by atoms with Crippen LogP contribution in [-0.4, -0.2) is 50.4 Å². The third-order valence-electron chi connectivity index (χ3n) is 5.21. The van der Waals surface area contributed by atoms with Crippen molar-refractivity contribution in [1.29, 1.82) is 0 Å². The Morgan fingerprint density at radius 1 is 1.16 bits per heavy atom. The fourth-order valence-corrected chi connectivity index (χ4v) is 4.69. The highest BCUT2D eigenvalue weighted by Gasteiger charge is 2.25. The number of hydrogen-bond donors (Lipinski definition) is 2. The molecule has 32 heavy (non-hydrogen) atoms. The molecule has 0 amide bonds. The Hall–Kier alpha value is -2.87. The van der Waals surface area contributed by atoms with Crippen LogP contribution in [0.4, 0.5) is 5.69 Å². The normalized spacial score (nSPS) is 12.8. The number of sulfone groups is 1. The molecule has 2 N–H and O–H groups in total. The van der Waals surface area contributed by atoms with E-state index in [2.05, 4.69) is 19.2 Å². The van der Waals surface area contributed by atoms with Gasteiger partial charge < -0.3 is 24.5 Å². The fraction of sp³-hybridized carbons (Fsp3) is 0.417. The van der Waals surface area contributed by atoms with Crippen LogP contribution in [0.2, 0.25) is 0 Å². The Bertz CT molecular complexity index is 1180. The second-order valence-electron chi connectivity index (χ2n) is 8.36. The number of aromatic nitrogens is 1. The molecule has 3 rings (SSSR count). The summed E-state index contributed by atoms with van der Waals surface area (Å²) in [6.07, 6.45) is 2.99. The SMILES string of the molecule is CCOc1cc(C(CS(C)(=O)=O)n2cc3cccc(NCC(C)C)c3c2O)ccc1OC. The van der Waals surface area contributed by atoms with Gasteiger partial charge in [-0.2, -0.15) is 0 Å². The summed E-state index contributed by atoms with van der Waals surface area (Å²) in [7, 11) is -1.81. The number of ether oxygens (including phenoxy) is 2. The first-order chi connectivity index (χ1) is 15.1. The minimum atomic E-state index is -3.37. The van der Waals surface area contributed by atoms with Crippen LogP contribution < -0.4 is 14.8 Å². The Labute approximate surface area is 189 Å². The van der Waals surface area contributed by atoms with Crippen molar-refractivity contribution in [2.24, 2.45) is 5.92 Å². The number of hydrogen-bond acceptors (Lipinski definition) is 6. The van der Waals surface area contributed by atoms with Gasteiger partial charge in [0.05, 0.1) is 30.9 Å². The van der Waals surface area contributed by atoms with Gasteiger partial charge in [-0.05, 0) is 36.6 Å². The Morgan fingerprint density at radius 2 is 1.91 bits per heavy atom. The summed E-state index contributed by atoms with van der Waals surface area (Å²) in [5.74, 6) is 1.38. The van der Waals surface area contributed by atoms with Gasteiger partial charge in [-0.1, -0.05) is 32.0 Å². The third-order valence-corrected chi connectivity index (χ3v) is 6.13. The van der Waals surface area contributed by atoms with Gasteiger partial charge in [0.15, 0.2) is 11.5 Å². The highest BCUT2D eigenvalue weighted by molar-refractivity contribution is 7.90. The van der Waals surface area contributed by atoms with Crippen molar-refractivity contribution in [2.45, 2.75) is 26.8 Å². The van der Waals surface area contributed by atoms with E-state index in [1.165, 1.54) is 6.26 Å². The van der Waals surface area contributed by atoms with Gasteiger partial charge in [-0.15, -0.1) is 0 Å². The lowest BCUT2D eigenvalue weighted by Crippen LogP contribution is -2.20. The van der Waals surface area contributed by atoms with Crippen LogP contribution in [-0.2, 0) is 9.84 Å². The number of benzene rings is 2. The Balaban J connectivity index is 2.16. The largest absolute Gasteiger partial charge is 0.494 e. The summed E-state index contributed by atoms with van der Waals surface area (Å²) in [5, 5.41) is 16.1. The molecule has 0 aliphatic heterocycles. The number of nitrogens with zero attached hydrogens (tertiary/aromatic N) is 1. The lowest BCUT2D eigenvalue weighted by atomic mass is 10.1. The smallest absolute Gasteiger partial charge is 0.201 e. The van der Waals surface area contributed by atoms with Crippen molar-refractivity contribution in [1.82, 2.24) is 4.57 Å². The van der Waals surface area contributed by atoms with Gasteiger partial charge in [0.2, 0.25) is 5.88 Å². The molecule has 0 fully saturated rings. The molecule has 0 aliphatic carbocycles. The highest BCUT2D eigenvalue weighted by atomic mass is 32.2. The third kappa shape index (κ3) is 5.30. The molecule has 0 aliphatic rings. The molecule has 3 aromatic rings. The minimum absolute atomic E-state index is 0.0225. The predicted molar refractivity (Wildman–Crippen MR) is 129 cm³/mol. The van der Waals surface area contributed by atoms with E-state index >= 15 is 0 Å². The molecule has 0 saturated carbocycles. The molecule has 0 spiro atoms. The maximum absolute atomic E-state index is 12.3. The van der Waals surface area contributed by atoms with E-state index in [-0.39, 0.29) is 11.6 Å². The van der Waals surface area contributed by atoms with Crippen molar-refractivity contribution in [3.8, 4) is 17.4 Å². The summed E-state index contributed by atoms with van der Waals surface area (Å²) in [6, 6.07) is 10.4. The van der Waals surface area contributed by atoms with Crippen molar-refractivity contribution >= 4 is 26.3 Å². The number of methoxy groups -OCH3 is 1. The molecule has 7 nitrogen and oxygen atoms in total. The second kappa shape index (κ2) is 9.73. The zero-order chi connectivity index (χ0) is 23.5. The zero-order valence-electron chi connectivity index (χ0n) is 19.3. The summed E-state index contributed by atoms with van der Waals surface area (Å²) in [4.78, 5) is 0. The summed E-state index contributed by atoms with van der Waals surface area (Å²) < 4.78 is 37.3. The van der Waals surface area contributed by atoms with E-state index in [0.717, 1.165) is 17.6 Å². The van der Waals surface area contributed by atoms with E-state index in [9.17, 15) is 13.5 Å². The fourth-order valence-electron chi connectivity index (χ4n) is 3.76. The van der Waals surface area contributed by atoms with E-state index in [0.29, 0.717) is 35.0 Å². The van der Waals surface area contributed by atoms with Crippen molar-refractivity contribution in [2.75, 3.05) is 37.6 Å². The Kier molecular flexibility index (Phi) is 7.23. The number of rotatable bonds is 10. The van der Waals surface area contributed by atoms with E-state index in [1.54, 1.807) is 36.1 Å². The van der Waals surface area contributed by atoms with Crippen LogP contribution >= 0.6 is 0 Å². The molecule has 0 radical (unpaired) electrons. The van der Waals surface area contributed by atoms with Gasteiger partial charge in [0.1, 0.15) is 9.84 Å². The number of nitrogens with one attached hydrogen (secondary N) is 1. The van der Waals surface area contributed by atoms with Gasteiger partial charge in [0.25, 0.3) is 0 Å². The van der Waals surface area contributed by atoms with Crippen molar-refractivity contribution < 1.29 is 23.0 Å². The van der Waals surface area contributed by atoms with Gasteiger partial charge >= 0.3 is 0 Å². The molecular weight excluding hydrogens is 428 g/mol. The van der Waals surface area contributed by atoms with E-state index in [4.69, 9.17) is 9.47 Å². The summed E-state index contributed by atoms with van der Waals surface area (Å²) >= 11 is 0. The summed E-state index contributed by atoms with van der Waals surface area (Å²) in [6.45, 7) is 7.29. The first-order valence-corrected chi connectivity index (χ1v) is 12.8. The Morgan fingerprint density at radius 3 is 2.53 bits per heavy atom.